The van der Waals surface area contributed by atoms with Crippen molar-refractivity contribution < 1.29 is 35.9 Å². The van der Waals surface area contributed by atoms with Crippen LogP contribution >= 0.6 is 0 Å². The van der Waals surface area contributed by atoms with Gasteiger partial charge in [-0.05, 0) is 24.6 Å². The van der Waals surface area contributed by atoms with Gasteiger partial charge < -0.3 is 9.47 Å². The summed E-state index contributed by atoms with van der Waals surface area (Å²) in [6.45, 7) is 1.18. The molecule has 2 aliphatic rings. The Morgan fingerprint density at radius 3 is 2.22 bits per heavy atom. The van der Waals surface area contributed by atoms with Crippen LogP contribution in [0.2, 0.25) is 0 Å². The highest BCUT2D eigenvalue weighted by Crippen LogP contribution is 2.63. The smallest absolute Gasteiger partial charge is 0.393 e. The normalized spacial score (nSPS) is 33.3. The monoisotopic (exact) mass is 350 g/mol. The molecule has 0 aromatic heterocycles. The summed E-state index contributed by atoms with van der Waals surface area (Å²) in [4.78, 5) is 11.7. The summed E-state index contributed by atoms with van der Waals surface area (Å²) in [5, 5.41) is 0. The molecule has 5 nitrogen and oxygen atoms in total. The van der Waals surface area contributed by atoms with Crippen molar-refractivity contribution in [2.45, 2.75) is 41.7 Å². The maximum Gasteiger partial charge on any atom is 0.393 e. The number of benzene rings is 1. The van der Waals surface area contributed by atoms with Crippen LogP contribution in [0, 0.1) is 0 Å². The van der Waals surface area contributed by atoms with E-state index in [0.29, 0.717) is 0 Å². The van der Waals surface area contributed by atoms with E-state index in [2.05, 4.69) is 0 Å². The molecule has 126 valence electrons. The van der Waals surface area contributed by atoms with Crippen molar-refractivity contribution in [1.29, 1.82) is 0 Å². The van der Waals surface area contributed by atoms with Crippen molar-refractivity contribution in [2.75, 3.05) is 6.26 Å². The Labute approximate surface area is 130 Å². The van der Waals surface area contributed by atoms with Crippen molar-refractivity contribution in [3.63, 3.8) is 0 Å². The van der Waals surface area contributed by atoms with E-state index < -0.39 is 45.7 Å². The number of hydrogen-bond acceptors (Lipinski definition) is 5. The molecule has 3 atom stereocenters. The highest BCUT2D eigenvalue weighted by molar-refractivity contribution is 7.90. The van der Waals surface area contributed by atoms with Crippen LogP contribution in [0.3, 0.4) is 0 Å². The fourth-order valence-corrected chi connectivity index (χ4v) is 3.77. The Balaban J connectivity index is 2.02. The summed E-state index contributed by atoms with van der Waals surface area (Å²) in [6, 6.07) is 5.25. The number of fused-ring (bicyclic) bond motifs is 1. The van der Waals surface area contributed by atoms with Gasteiger partial charge in [-0.2, -0.15) is 13.2 Å². The van der Waals surface area contributed by atoms with Crippen LogP contribution in [-0.4, -0.2) is 38.5 Å². The molecule has 0 saturated carbocycles. The number of hydrogen-bond donors (Lipinski definition) is 0. The molecular formula is C14H13F3O5S. The first-order valence-corrected chi connectivity index (χ1v) is 8.56. The Bertz CT molecular complexity index is 771. The summed E-state index contributed by atoms with van der Waals surface area (Å²) < 4.78 is 71.7. The van der Waals surface area contributed by atoms with Crippen LogP contribution < -0.4 is 0 Å². The van der Waals surface area contributed by atoms with Crippen LogP contribution in [0.5, 0.6) is 0 Å². The fourth-order valence-electron chi connectivity index (χ4n) is 3.14. The average molecular weight is 350 g/mol. The van der Waals surface area contributed by atoms with Gasteiger partial charge in [0.1, 0.15) is 0 Å². The van der Waals surface area contributed by atoms with Gasteiger partial charge in [0.15, 0.2) is 27.1 Å². The molecule has 0 spiro atoms. The highest BCUT2D eigenvalue weighted by Gasteiger charge is 2.80. The minimum Gasteiger partial charge on any atom is -0.453 e. The van der Waals surface area contributed by atoms with Gasteiger partial charge >= 0.3 is 12.1 Å². The molecule has 0 N–H and O–H groups in total. The molecule has 23 heavy (non-hydrogen) atoms. The topological polar surface area (TPSA) is 73.0 Å². The predicted octanol–water partition coefficient (Wildman–Crippen LogP) is 1.95. The second-order valence-corrected chi connectivity index (χ2v) is 7.99. The molecule has 3 rings (SSSR count). The lowest BCUT2D eigenvalue weighted by Crippen LogP contribution is -2.43. The van der Waals surface area contributed by atoms with Crippen LogP contribution in [-0.2, 0) is 29.7 Å². The molecule has 2 unspecified atom stereocenters. The summed E-state index contributed by atoms with van der Waals surface area (Å²) in [7, 11) is -3.44. The summed E-state index contributed by atoms with van der Waals surface area (Å²) >= 11 is 0. The fraction of sp³-hybridized carbons (Fsp3) is 0.500. The van der Waals surface area contributed by atoms with Gasteiger partial charge in [0.25, 0.3) is 0 Å². The maximum atomic E-state index is 12.9. The number of carbonyl (C=O) groups excluding carboxylic acids is 1. The van der Waals surface area contributed by atoms with Crippen molar-refractivity contribution in [1.82, 2.24) is 0 Å². The van der Waals surface area contributed by atoms with Gasteiger partial charge in [-0.3, -0.25) is 0 Å². The second kappa shape index (κ2) is 4.47. The third-order valence-electron chi connectivity index (χ3n) is 4.19. The molecule has 1 aromatic carbocycles. The van der Waals surface area contributed by atoms with Crippen LogP contribution in [0.4, 0.5) is 13.2 Å². The first kappa shape index (κ1) is 16.3. The minimum atomic E-state index is -4.55. The number of ether oxygens (including phenoxy) is 2. The van der Waals surface area contributed by atoms with E-state index in [1.165, 1.54) is 31.2 Å². The summed E-state index contributed by atoms with van der Waals surface area (Å²) in [5.41, 5.74) is -3.14. The summed E-state index contributed by atoms with van der Waals surface area (Å²) in [6.07, 6.45) is -5.97. The largest absolute Gasteiger partial charge is 0.453 e. The van der Waals surface area contributed by atoms with Crippen LogP contribution in [0.25, 0.3) is 0 Å². The zero-order valence-corrected chi connectivity index (χ0v) is 13.0. The molecule has 2 saturated heterocycles. The molecule has 2 fully saturated rings. The number of alkyl halides is 3. The maximum absolute atomic E-state index is 12.9. The third kappa shape index (κ3) is 2.42. The van der Waals surface area contributed by atoms with E-state index in [0.717, 1.165) is 6.26 Å². The number of sulfone groups is 1. The van der Waals surface area contributed by atoms with Gasteiger partial charge in [0.2, 0.25) is 0 Å². The molecule has 0 bridgehead atoms. The lowest BCUT2D eigenvalue weighted by atomic mass is 9.80. The lowest BCUT2D eigenvalue weighted by molar-refractivity contribution is -0.202. The Hall–Kier alpha value is -1.61. The molecule has 0 aliphatic carbocycles. The van der Waals surface area contributed by atoms with Crippen molar-refractivity contribution >= 4 is 15.8 Å². The SMILES string of the molecule is CC1(CC(F)(F)F)OC(=O)C2O[C@]21c1ccc(S(C)(=O)=O)cc1. The molecule has 9 heteroatoms. The quantitative estimate of drug-likeness (QED) is 0.615. The number of rotatable bonds is 3. The van der Waals surface area contributed by atoms with Crippen molar-refractivity contribution in [3.8, 4) is 0 Å². The van der Waals surface area contributed by atoms with Crippen LogP contribution in [0.1, 0.15) is 18.9 Å². The van der Waals surface area contributed by atoms with Gasteiger partial charge in [-0.1, -0.05) is 12.1 Å². The number of halogens is 3. The molecule has 0 radical (unpaired) electrons. The zero-order chi connectivity index (χ0) is 17.3. The number of epoxide rings is 1. The lowest BCUT2D eigenvalue weighted by Gasteiger charge is -2.32. The zero-order valence-electron chi connectivity index (χ0n) is 12.2. The van der Waals surface area contributed by atoms with E-state index in [-0.39, 0.29) is 10.5 Å². The second-order valence-electron chi connectivity index (χ2n) is 5.97. The third-order valence-corrected chi connectivity index (χ3v) is 5.32. The average Bonchev–Trinajstić information content (AvgIpc) is 3.08. The number of esters is 1. The molecule has 0 amide bonds. The van der Waals surface area contributed by atoms with Crippen LogP contribution in [0.15, 0.2) is 29.2 Å². The first-order chi connectivity index (χ1) is 10.4. The van der Waals surface area contributed by atoms with E-state index >= 15 is 0 Å². The Morgan fingerprint density at radius 2 is 1.78 bits per heavy atom. The van der Waals surface area contributed by atoms with E-state index in [1.807, 2.05) is 0 Å². The molecule has 2 heterocycles. The number of cyclic esters (lactones) is 1. The van der Waals surface area contributed by atoms with Gasteiger partial charge in [0, 0.05) is 6.26 Å². The first-order valence-electron chi connectivity index (χ1n) is 6.67. The molecule has 1 aromatic rings. The standard InChI is InChI=1S/C14H13F3O5S/c1-12(7-13(15,16)17)14(10(21-14)11(18)22-12)8-3-5-9(6-4-8)23(2,19)20/h3-6,10H,7H2,1-2H3/t10?,12?,14-/m1/s1. The minimum absolute atomic E-state index is 0.0256. The van der Waals surface area contributed by atoms with Gasteiger partial charge in [0.05, 0.1) is 11.3 Å². The Kier molecular flexibility index (Phi) is 3.16. The van der Waals surface area contributed by atoms with Gasteiger partial charge in [-0.15, -0.1) is 0 Å². The van der Waals surface area contributed by atoms with Crippen molar-refractivity contribution in [2.24, 2.45) is 0 Å². The molecular weight excluding hydrogens is 337 g/mol. The van der Waals surface area contributed by atoms with Crippen molar-refractivity contribution in [3.05, 3.63) is 29.8 Å². The predicted molar refractivity (Wildman–Crippen MR) is 71.3 cm³/mol. The number of carbonyl (C=O) groups is 1. The van der Waals surface area contributed by atoms with E-state index in [1.54, 1.807) is 0 Å². The van der Waals surface area contributed by atoms with E-state index in [9.17, 15) is 26.4 Å². The highest BCUT2D eigenvalue weighted by atomic mass is 32.2. The van der Waals surface area contributed by atoms with E-state index in [4.69, 9.17) is 9.47 Å². The van der Waals surface area contributed by atoms with Gasteiger partial charge in [-0.25, -0.2) is 13.2 Å². The summed E-state index contributed by atoms with van der Waals surface area (Å²) in [5.74, 6) is -0.844. The Morgan fingerprint density at radius 1 is 1.22 bits per heavy atom. The molecule has 2 aliphatic heterocycles.